The number of benzene rings is 10. The normalized spacial score (nSPS) is 12.1. The van der Waals surface area contributed by atoms with Gasteiger partial charge in [-0.1, -0.05) is 146 Å². The highest BCUT2D eigenvalue weighted by Gasteiger charge is 2.19. The second-order valence-electron chi connectivity index (χ2n) is 15.7. The first-order valence-electron chi connectivity index (χ1n) is 20.3. The molecule has 13 aromatic rings. The summed E-state index contributed by atoms with van der Waals surface area (Å²) in [5, 5.41) is 12.2. The quantitative estimate of drug-likeness (QED) is 0.164. The lowest BCUT2D eigenvalue weighted by Gasteiger charge is -2.14. The fraction of sp³-hybridized carbons (Fsp3) is 0. The molecule has 0 aliphatic rings. The van der Waals surface area contributed by atoms with E-state index in [1.807, 2.05) is 6.07 Å². The standard InChI is InChI=1S/C56H34N2O/c1-2-16-40-38(13-1)33-48(42-18-4-3-17-41(40)42)37-14-11-15-39(31-37)57-50-23-8-5-19-43(50)45-29-27-36(34-54(45)57)35-28-30-52-49(32-35)44-20-6-9-24-51(44)58(52)53-25-12-22-47-46-21-7-10-26-55(46)59-56(47)53/h1-34H. The number of hydrogen-bond donors (Lipinski definition) is 0. The van der Waals surface area contributed by atoms with Gasteiger partial charge in [-0.2, -0.15) is 0 Å². The van der Waals surface area contributed by atoms with Crippen LogP contribution in [0.1, 0.15) is 0 Å². The molecule has 3 aromatic heterocycles. The maximum Gasteiger partial charge on any atom is 0.159 e. The second kappa shape index (κ2) is 12.3. The lowest BCUT2D eigenvalue weighted by Crippen LogP contribution is -1.95. The second-order valence-corrected chi connectivity index (χ2v) is 15.7. The third-order valence-corrected chi connectivity index (χ3v) is 12.5. The minimum atomic E-state index is 0.900. The predicted molar refractivity (Wildman–Crippen MR) is 248 cm³/mol. The van der Waals surface area contributed by atoms with Crippen molar-refractivity contribution in [2.45, 2.75) is 0 Å². The van der Waals surface area contributed by atoms with Crippen molar-refractivity contribution in [1.82, 2.24) is 9.13 Å². The van der Waals surface area contributed by atoms with Gasteiger partial charge in [0.1, 0.15) is 5.58 Å². The van der Waals surface area contributed by atoms with Gasteiger partial charge in [-0.05, 0) is 104 Å². The SMILES string of the molecule is c1cc(-c2cc3ccccc3c3ccccc23)cc(-n2c3ccccc3c3ccc(-c4ccc5c(c4)c4ccccc4n5-c4cccc5c4oc4ccccc45)cc32)c1. The zero-order chi connectivity index (χ0) is 38.6. The molecule has 0 saturated heterocycles. The van der Waals surface area contributed by atoms with E-state index in [0.29, 0.717) is 0 Å². The summed E-state index contributed by atoms with van der Waals surface area (Å²) in [5.41, 5.74) is 13.5. The number of hydrogen-bond acceptors (Lipinski definition) is 1. The van der Waals surface area contributed by atoms with Crippen LogP contribution in [0.3, 0.4) is 0 Å². The zero-order valence-corrected chi connectivity index (χ0v) is 31.9. The molecule has 0 aliphatic carbocycles. The number of furan rings is 1. The molecule has 10 aromatic carbocycles. The van der Waals surface area contributed by atoms with E-state index in [0.717, 1.165) is 44.3 Å². The lowest BCUT2D eigenvalue weighted by molar-refractivity contribution is 0.666. The van der Waals surface area contributed by atoms with Crippen LogP contribution < -0.4 is 0 Å². The highest BCUT2D eigenvalue weighted by Crippen LogP contribution is 2.42. The Balaban J connectivity index is 0.996. The largest absolute Gasteiger partial charge is 0.454 e. The molecule has 0 saturated carbocycles. The van der Waals surface area contributed by atoms with Crippen molar-refractivity contribution >= 4 is 87.1 Å². The monoisotopic (exact) mass is 750 g/mol. The van der Waals surface area contributed by atoms with Crippen LogP contribution >= 0.6 is 0 Å². The third-order valence-electron chi connectivity index (χ3n) is 12.5. The van der Waals surface area contributed by atoms with Crippen molar-refractivity contribution in [3.8, 4) is 33.6 Å². The van der Waals surface area contributed by atoms with E-state index < -0.39 is 0 Å². The molecule has 0 unspecified atom stereocenters. The van der Waals surface area contributed by atoms with Gasteiger partial charge in [0.05, 0.1) is 27.8 Å². The minimum absolute atomic E-state index is 0.900. The summed E-state index contributed by atoms with van der Waals surface area (Å²) in [6, 6.07) is 75.1. The maximum absolute atomic E-state index is 6.56. The molecule has 59 heavy (non-hydrogen) atoms. The maximum atomic E-state index is 6.56. The summed E-state index contributed by atoms with van der Waals surface area (Å²) >= 11 is 0. The Labute approximate surface area is 339 Å². The Morgan fingerprint density at radius 1 is 0.305 bits per heavy atom. The summed E-state index contributed by atoms with van der Waals surface area (Å²) in [7, 11) is 0. The first-order chi connectivity index (χ1) is 29.3. The average Bonchev–Trinajstić information content (AvgIpc) is 3.96. The van der Waals surface area contributed by atoms with E-state index in [1.54, 1.807) is 0 Å². The lowest BCUT2D eigenvalue weighted by atomic mass is 9.93. The van der Waals surface area contributed by atoms with E-state index >= 15 is 0 Å². The summed E-state index contributed by atoms with van der Waals surface area (Å²) in [6.45, 7) is 0. The van der Waals surface area contributed by atoms with Gasteiger partial charge >= 0.3 is 0 Å². The Morgan fingerprint density at radius 3 is 1.78 bits per heavy atom. The predicted octanol–water partition coefficient (Wildman–Crippen LogP) is 15.4. The van der Waals surface area contributed by atoms with Gasteiger partial charge in [-0.15, -0.1) is 0 Å². The minimum Gasteiger partial charge on any atom is -0.454 e. The molecule has 0 amide bonds. The Morgan fingerprint density at radius 2 is 0.915 bits per heavy atom. The molecule has 0 atom stereocenters. The fourth-order valence-electron chi connectivity index (χ4n) is 9.85. The molecular formula is C56H34N2O. The zero-order valence-electron chi connectivity index (χ0n) is 31.9. The molecule has 274 valence electrons. The van der Waals surface area contributed by atoms with Gasteiger partial charge < -0.3 is 13.6 Å². The first kappa shape index (κ1) is 32.2. The van der Waals surface area contributed by atoms with Crippen LogP contribution in [0.15, 0.2) is 211 Å². The summed E-state index contributed by atoms with van der Waals surface area (Å²) in [6.07, 6.45) is 0. The molecule has 0 N–H and O–H groups in total. The number of para-hydroxylation sites is 4. The van der Waals surface area contributed by atoms with Crippen molar-refractivity contribution in [2.75, 3.05) is 0 Å². The van der Waals surface area contributed by atoms with Crippen LogP contribution in [0.25, 0.3) is 121 Å². The number of fused-ring (bicyclic) bond motifs is 12. The van der Waals surface area contributed by atoms with Crippen molar-refractivity contribution in [3.63, 3.8) is 0 Å². The molecule has 0 spiro atoms. The van der Waals surface area contributed by atoms with Crippen LogP contribution in [-0.4, -0.2) is 9.13 Å². The molecular weight excluding hydrogens is 717 g/mol. The van der Waals surface area contributed by atoms with Crippen LogP contribution in [0.4, 0.5) is 0 Å². The molecule has 0 aliphatic heterocycles. The molecule has 13 rings (SSSR count). The van der Waals surface area contributed by atoms with Crippen LogP contribution in [-0.2, 0) is 0 Å². The van der Waals surface area contributed by atoms with E-state index in [4.69, 9.17) is 4.42 Å². The Hall–Kier alpha value is -7.88. The van der Waals surface area contributed by atoms with Crippen LogP contribution in [0, 0.1) is 0 Å². The number of rotatable bonds is 4. The number of aromatic nitrogens is 2. The molecule has 0 fully saturated rings. The first-order valence-corrected chi connectivity index (χ1v) is 20.3. The van der Waals surface area contributed by atoms with Gasteiger partial charge in [0.15, 0.2) is 5.58 Å². The molecule has 3 heterocycles. The van der Waals surface area contributed by atoms with E-state index in [-0.39, 0.29) is 0 Å². The van der Waals surface area contributed by atoms with Crippen molar-refractivity contribution in [2.24, 2.45) is 0 Å². The third kappa shape index (κ3) is 4.70. The van der Waals surface area contributed by atoms with Crippen molar-refractivity contribution < 1.29 is 4.42 Å². The average molecular weight is 751 g/mol. The molecule has 0 bridgehead atoms. The van der Waals surface area contributed by atoms with Crippen LogP contribution in [0.2, 0.25) is 0 Å². The molecule has 0 radical (unpaired) electrons. The fourth-order valence-corrected chi connectivity index (χ4v) is 9.85. The van der Waals surface area contributed by atoms with Crippen LogP contribution in [0.5, 0.6) is 0 Å². The molecule has 3 heteroatoms. The highest BCUT2D eigenvalue weighted by atomic mass is 16.3. The van der Waals surface area contributed by atoms with Gasteiger partial charge in [0.2, 0.25) is 0 Å². The summed E-state index contributed by atoms with van der Waals surface area (Å²) < 4.78 is 11.4. The van der Waals surface area contributed by atoms with Gasteiger partial charge in [-0.3, -0.25) is 0 Å². The van der Waals surface area contributed by atoms with E-state index in [9.17, 15) is 0 Å². The Kier molecular flexibility index (Phi) is 6.72. The Bertz CT molecular complexity index is 3860. The van der Waals surface area contributed by atoms with Crippen molar-refractivity contribution in [3.05, 3.63) is 206 Å². The summed E-state index contributed by atoms with van der Waals surface area (Å²) in [5.74, 6) is 0. The highest BCUT2D eigenvalue weighted by molar-refractivity contribution is 6.16. The topological polar surface area (TPSA) is 23.0 Å². The van der Waals surface area contributed by atoms with Gasteiger partial charge in [0.25, 0.3) is 0 Å². The smallest absolute Gasteiger partial charge is 0.159 e. The van der Waals surface area contributed by atoms with E-state index in [2.05, 4.69) is 209 Å². The van der Waals surface area contributed by atoms with Gasteiger partial charge in [0, 0.05) is 38.0 Å². The summed E-state index contributed by atoms with van der Waals surface area (Å²) in [4.78, 5) is 0. The molecule has 3 nitrogen and oxygen atoms in total. The van der Waals surface area contributed by atoms with Gasteiger partial charge in [-0.25, -0.2) is 0 Å². The van der Waals surface area contributed by atoms with E-state index in [1.165, 1.54) is 76.4 Å². The number of nitrogens with zero attached hydrogens (tertiary/aromatic N) is 2. The van der Waals surface area contributed by atoms with Crippen molar-refractivity contribution in [1.29, 1.82) is 0 Å².